The van der Waals surface area contributed by atoms with E-state index in [4.69, 9.17) is 0 Å². The largest absolute Gasteiger partial charge is 0.268 e. The van der Waals surface area contributed by atoms with Gasteiger partial charge in [0, 0.05) is 6.07 Å². The highest BCUT2D eigenvalue weighted by atomic mass is 16.1. The van der Waals surface area contributed by atoms with E-state index >= 15 is 0 Å². The molecule has 0 unspecified atom stereocenters. The first kappa shape index (κ1) is 7.98. The fourth-order valence-corrected chi connectivity index (χ4v) is 0.934. The topological polar surface area (TPSA) is 45.8 Å². The molecule has 0 amide bonds. The van der Waals surface area contributed by atoms with E-state index in [0.29, 0.717) is 0 Å². The fourth-order valence-electron chi connectivity index (χ4n) is 0.934. The Bertz CT molecular complexity index is 267. The van der Waals surface area contributed by atoms with Crippen molar-refractivity contribution >= 4 is 0 Å². The lowest BCUT2D eigenvalue weighted by atomic mass is 10.1. The predicted molar refractivity (Wildman–Crippen MR) is 43.5 cm³/mol. The standard InChI is InChI=1S/C8H12N2O/c1-2-3-4-7-5-8(11)10-9-6-7/h5-6H,2-4H2,1H3,(H,10,11). The molecule has 60 valence electrons. The molecule has 0 bridgehead atoms. The summed E-state index contributed by atoms with van der Waals surface area (Å²) >= 11 is 0. The van der Waals surface area contributed by atoms with Crippen LogP contribution in [0.1, 0.15) is 25.3 Å². The third kappa shape index (κ3) is 2.53. The minimum absolute atomic E-state index is 0.112. The third-order valence-corrected chi connectivity index (χ3v) is 1.54. The molecule has 11 heavy (non-hydrogen) atoms. The van der Waals surface area contributed by atoms with Crippen LogP contribution in [0.15, 0.2) is 17.1 Å². The number of nitrogens with one attached hydrogen (secondary N) is 1. The highest BCUT2D eigenvalue weighted by molar-refractivity contribution is 5.05. The smallest absolute Gasteiger partial charge is 0.264 e. The van der Waals surface area contributed by atoms with Crippen molar-refractivity contribution in [3.05, 3.63) is 28.2 Å². The van der Waals surface area contributed by atoms with Gasteiger partial charge in [-0.15, -0.1) is 0 Å². The fraction of sp³-hybridized carbons (Fsp3) is 0.500. The van der Waals surface area contributed by atoms with E-state index in [-0.39, 0.29) is 5.56 Å². The van der Waals surface area contributed by atoms with Gasteiger partial charge in [0.05, 0.1) is 6.20 Å². The number of aromatic nitrogens is 2. The molecule has 0 saturated carbocycles. The number of nitrogens with zero attached hydrogens (tertiary/aromatic N) is 1. The van der Waals surface area contributed by atoms with E-state index in [1.165, 1.54) is 0 Å². The molecule has 0 aromatic carbocycles. The van der Waals surface area contributed by atoms with E-state index in [2.05, 4.69) is 17.1 Å². The Morgan fingerprint density at radius 2 is 2.45 bits per heavy atom. The summed E-state index contributed by atoms with van der Waals surface area (Å²) in [5, 5.41) is 6.04. The Kier molecular flexibility index (Phi) is 2.83. The number of hydrogen-bond donors (Lipinski definition) is 1. The normalized spacial score (nSPS) is 9.91. The van der Waals surface area contributed by atoms with Crippen LogP contribution in [0.25, 0.3) is 0 Å². The van der Waals surface area contributed by atoms with Gasteiger partial charge in [-0.3, -0.25) is 4.79 Å². The number of aryl methyl sites for hydroxylation is 1. The van der Waals surface area contributed by atoms with Crippen LogP contribution in [-0.2, 0) is 6.42 Å². The Hall–Kier alpha value is -1.12. The lowest BCUT2D eigenvalue weighted by molar-refractivity contribution is 0.784. The van der Waals surface area contributed by atoms with Gasteiger partial charge < -0.3 is 0 Å². The van der Waals surface area contributed by atoms with Crippen LogP contribution in [0, 0.1) is 0 Å². The Morgan fingerprint density at radius 3 is 3.09 bits per heavy atom. The second kappa shape index (κ2) is 3.91. The summed E-state index contributed by atoms with van der Waals surface area (Å²) in [4.78, 5) is 10.7. The van der Waals surface area contributed by atoms with Crippen LogP contribution in [-0.4, -0.2) is 10.2 Å². The van der Waals surface area contributed by atoms with Gasteiger partial charge in [0.15, 0.2) is 0 Å². The van der Waals surface area contributed by atoms with Crippen molar-refractivity contribution in [2.75, 3.05) is 0 Å². The van der Waals surface area contributed by atoms with Crippen molar-refractivity contribution in [1.82, 2.24) is 10.2 Å². The van der Waals surface area contributed by atoms with Gasteiger partial charge in [-0.2, -0.15) is 5.10 Å². The average molecular weight is 152 g/mol. The van der Waals surface area contributed by atoms with E-state index in [9.17, 15) is 4.79 Å². The Balaban J connectivity index is 2.64. The lowest BCUT2D eigenvalue weighted by Crippen LogP contribution is -2.07. The minimum atomic E-state index is -0.112. The number of hydrogen-bond acceptors (Lipinski definition) is 2. The molecule has 0 aliphatic rings. The van der Waals surface area contributed by atoms with Crippen LogP contribution in [0.2, 0.25) is 0 Å². The number of aromatic amines is 1. The van der Waals surface area contributed by atoms with Crippen LogP contribution < -0.4 is 5.56 Å². The second-order valence-electron chi connectivity index (χ2n) is 2.56. The summed E-state index contributed by atoms with van der Waals surface area (Å²) < 4.78 is 0. The molecule has 0 aliphatic carbocycles. The molecular weight excluding hydrogens is 140 g/mol. The lowest BCUT2D eigenvalue weighted by Gasteiger charge is -1.95. The predicted octanol–water partition coefficient (Wildman–Crippen LogP) is 1.11. The number of unbranched alkanes of at least 4 members (excludes halogenated alkanes) is 1. The van der Waals surface area contributed by atoms with E-state index in [1.54, 1.807) is 12.3 Å². The first-order chi connectivity index (χ1) is 5.33. The molecule has 0 fully saturated rings. The minimum Gasteiger partial charge on any atom is -0.268 e. The van der Waals surface area contributed by atoms with E-state index in [0.717, 1.165) is 24.8 Å². The van der Waals surface area contributed by atoms with Gasteiger partial charge in [-0.25, -0.2) is 5.10 Å². The van der Waals surface area contributed by atoms with Gasteiger partial charge in [0.2, 0.25) is 0 Å². The Morgan fingerprint density at radius 1 is 1.64 bits per heavy atom. The highest BCUT2D eigenvalue weighted by Gasteiger charge is 1.92. The molecule has 1 aromatic rings. The monoisotopic (exact) mass is 152 g/mol. The highest BCUT2D eigenvalue weighted by Crippen LogP contribution is 1.98. The summed E-state index contributed by atoms with van der Waals surface area (Å²) in [6.45, 7) is 2.13. The van der Waals surface area contributed by atoms with Crippen molar-refractivity contribution in [1.29, 1.82) is 0 Å². The summed E-state index contributed by atoms with van der Waals surface area (Å²) in [5.41, 5.74) is 0.911. The van der Waals surface area contributed by atoms with Gasteiger partial charge >= 0.3 is 0 Å². The van der Waals surface area contributed by atoms with E-state index < -0.39 is 0 Å². The van der Waals surface area contributed by atoms with Crippen molar-refractivity contribution in [2.45, 2.75) is 26.2 Å². The molecule has 3 heteroatoms. The zero-order valence-electron chi connectivity index (χ0n) is 6.63. The van der Waals surface area contributed by atoms with Crippen LogP contribution >= 0.6 is 0 Å². The maximum atomic E-state index is 10.7. The Labute approximate surface area is 65.5 Å². The van der Waals surface area contributed by atoms with Crippen LogP contribution in [0.5, 0.6) is 0 Å². The molecule has 0 spiro atoms. The van der Waals surface area contributed by atoms with Crippen molar-refractivity contribution in [3.63, 3.8) is 0 Å². The zero-order chi connectivity index (χ0) is 8.10. The van der Waals surface area contributed by atoms with Gasteiger partial charge in [-0.1, -0.05) is 13.3 Å². The van der Waals surface area contributed by atoms with Gasteiger partial charge in [0.1, 0.15) is 0 Å². The van der Waals surface area contributed by atoms with Crippen LogP contribution in [0.4, 0.5) is 0 Å². The van der Waals surface area contributed by atoms with Crippen molar-refractivity contribution < 1.29 is 0 Å². The van der Waals surface area contributed by atoms with Crippen LogP contribution in [0.3, 0.4) is 0 Å². The molecule has 1 rings (SSSR count). The molecule has 1 heterocycles. The van der Waals surface area contributed by atoms with Gasteiger partial charge in [0.25, 0.3) is 5.56 Å². The van der Waals surface area contributed by atoms with E-state index in [1.807, 2.05) is 0 Å². The third-order valence-electron chi connectivity index (χ3n) is 1.54. The molecular formula is C8H12N2O. The molecule has 1 aromatic heterocycles. The van der Waals surface area contributed by atoms with Gasteiger partial charge in [-0.05, 0) is 18.4 Å². The molecule has 0 saturated heterocycles. The van der Waals surface area contributed by atoms with Crippen molar-refractivity contribution in [3.8, 4) is 0 Å². The summed E-state index contributed by atoms with van der Waals surface area (Å²) in [6, 6.07) is 1.60. The quantitative estimate of drug-likeness (QED) is 0.705. The zero-order valence-corrected chi connectivity index (χ0v) is 6.63. The SMILES string of the molecule is CCCCc1cn[nH]c(=O)c1. The first-order valence-electron chi connectivity index (χ1n) is 3.86. The molecule has 0 atom stereocenters. The molecule has 3 nitrogen and oxygen atoms in total. The average Bonchev–Trinajstić information content (AvgIpc) is 2.01. The van der Waals surface area contributed by atoms with Crippen molar-refractivity contribution in [2.24, 2.45) is 0 Å². The molecule has 1 N–H and O–H groups in total. The first-order valence-corrected chi connectivity index (χ1v) is 3.86. The number of H-pyrrole nitrogens is 1. The number of rotatable bonds is 3. The maximum absolute atomic E-state index is 10.7. The summed E-state index contributed by atoms with van der Waals surface area (Å²) in [5.74, 6) is 0. The summed E-state index contributed by atoms with van der Waals surface area (Å²) in [7, 11) is 0. The molecule has 0 radical (unpaired) electrons. The second-order valence-corrected chi connectivity index (χ2v) is 2.56. The summed E-state index contributed by atoms with van der Waals surface area (Å²) in [6.07, 6.45) is 4.92. The molecule has 0 aliphatic heterocycles. The maximum Gasteiger partial charge on any atom is 0.264 e.